The summed E-state index contributed by atoms with van der Waals surface area (Å²) in [4.78, 5) is 0.813. The molecule has 0 aliphatic heterocycles. The van der Waals surface area contributed by atoms with Gasteiger partial charge in [-0.1, -0.05) is 29.8 Å². The molecule has 4 heteroatoms. The number of hydrogen-bond acceptors (Lipinski definition) is 3. The van der Waals surface area contributed by atoms with Crippen LogP contribution in [0.15, 0.2) is 41.1 Å². The molecule has 17 heavy (non-hydrogen) atoms. The molecule has 2 aromatic heterocycles. The van der Waals surface area contributed by atoms with Gasteiger partial charge in [0.15, 0.2) is 0 Å². The predicted octanol–water partition coefficient (Wildman–Crippen LogP) is 4.70. The Morgan fingerprint density at radius 3 is 2.65 bits per heavy atom. The van der Waals surface area contributed by atoms with Crippen LogP contribution in [-0.2, 0) is 0 Å². The van der Waals surface area contributed by atoms with Gasteiger partial charge in [0.05, 0.1) is 9.90 Å². The molecule has 0 amide bonds. The van der Waals surface area contributed by atoms with Crippen molar-refractivity contribution in [3.63, 3.8) is 0 Å². The molecular formula is C13H9ClOS2. The lowest BCUT2D eigenvalue weighted by Crippen LogP contribution is -1.97. The maximum absolute atomic E-state index is 10.4. The molecule has 86 valence electrons. The van der Waals surface area contributed by atoms with Crippen LogP contribution in [0.25, 0.3) is 10.1 Å². The Balaban J connectivity index is 2.15. The molecule has 1 atom stereocenters. The van der Waals surface area contributed by atoms with Gasteiger partial charge in [-0.3, -0.25) is 0 Å². The lowest BCUT2D eigenvalue weighted by atomic mass is 10.1. The first kappa shape index (κ1) is 11.2. The standard InChI is InChI=1S/C13H9ClOS2/c14-10-5-7-17-13(10)11(15)9-3-1-2-8-4-6-16-12(8)9/h1-7,11,15H. The number of aliphatic hydroxyl groups is 1. The van der Waals surface area contributed by atoms with Gasteiger partial charge < -0.3 is 5.11 Å². The molecule has 0 fully saturated rings. The summed E-state index contributed by atoms with van der Waals surface area (Å²) in [6.45, 7) is 0. The number of thiophene rings is 2. The average Bonchev–Trinajstić information content (AvgIpc) is 2.95. The Morgan fingerprint density at radius 2 is 1.88 bits per heavy atom. The van der Waals surface area contributed by atoms with Crippen LogP contribution in [0.5, 0.6) is 0 Å². The summed E-state index contributed by atoms with van der Waals surface area (Å²) < 4.78 is 1.13. The van der Waals surface area contributed by atoms with E-state index in [1.807, 2.05) is 29.0 Å². The molecule has 0 radical (unpaired) electrons. The Labute approximate surface area is 112 Å². The molecule has 1 nitrogen and oxygen atoms in total. The van der Waals surface area contributed by atoms with Gasteiger partial charge in [0.2, 0.25) is 0 Å². The number of fused-ring (bicyclic) bond motifs is 1. The van der Waals surface area contributed by atoms with E-state index in [4.69, 9.17) is 11.6 Å². The number of hydrogen-bond donors (Lipinski definition) is 1. The minimum Gasteiger partial charge on any atom is -0.383 e. The van der Waals surface area contributed by atoms with E-state index in [1.54, 1.807) is 11.3 Å². The molecule has 2 heterocycles. The summed E-state index contributed by atoms with van der Waals surface area (Å²) in [5.74, 6) is 0. The van der Waals surface area contributed by atoms with Gasteiger partial charge in [-0.05, 0) is 28.3 Å². The number of halogens is 1. The molecule has 1 N–H and O–H groups in total. The van der Waals surface area contributed by atoms with Gasteiger partial charge in [0.25, 0.3) is 0 Å². The maximum atomic E-state index is 10.4. The van der Waals surface area contributed by atoms with Crippen molar-refractivity contribution in [3.8, 4) is 0 Å². The maximum Gasteiger partial charge on any atom is 0.116 e. The zero-order valence-corrected chi connectivity index (χ0v) is 11.1. The van der Waals surface area contributed by atoms with Crippen molar-refractivity contribution in [1.29, 1.82) is 0 Å². The molecule has 1 unspecified atom stereocenters. The minimum absolute atomic E-state index is 0.634. The van der Waals surface area contributed by atoms with Crippen LogP contribution in [0.3, 0.4) is 0 Å². The monoisotopic (exact) mass is 280 g/mol. The quantitative estimate of drug-likeness (QED) is 0.721. The first-order valence-electron chi connectivity index (χ1n) is 5.14. The molecule has 0 bridgehead atoms. The normalized spacial score (nSPS) is 13.1. The van der Waals surface area contributed by atoms with Crippen LogP contribution in [0.4, 0.5) is 0 Å². The summed E-state index contributed by atoms with van der Waals surface area (Å²) in [6.07, 6.45) is -0.634. The SMILES string of the molecule is OC(c1sccc1Cl)c1cccc2ccsc12. The highest BCUT2D eigenvalue weighted by atomic mass is 35.5. The lowest BCUT2D eigenvalue weighted by molar-refractivity contribution is 0.226. The Morgan fingerprint density at radius 1 is 1.06 bits per heavy atom. The first-order valence-corrected chi connectivity index (χ1v) is 7.28. The fourth-order valence-corrected chi connectivity index (χ4v) is 3.97. The third-order valence-corrected chi connectivity index (χ3v) is 5.09. The topological polar surface area (TPSA) is 20.2 Å². The van der Waals surface area contributed by atoms with Gasteiger partial charge >= 0.3 is 0 Å². The molecule has 3 rings (SSSR count). The first-order chi connectivity index (χ1) is 8.27. The summed E-state index contributed by atoms with van der Waals surface area (Å²) in [6, 6.07) is 9.86. The molecule has 0 aliphatic carbocycles. The summed E-state index contributed by atoms with van der Waals surface area (Å²) in [5, 5.41) is 16.1. The summed E-state index contributed by atoms with van der Waals surface area (Å²) in [5.41, 5.74) is 0.932. The van der Waals surface area contributed by atoms with Crippen molar-refractivity contribution in [2.24, 2.45) is 0 Å². The van der Waals surface area contributed by atoms with Gasteiger partial charge in [0, 0.05) is 10.3 Å². The van der Waals surface area contributed by atoms with Crippen LogP contribution < -0.4 is 0 Å². The minimum atomic E-state index is -0.634. The average molecular weight is 281 g/mol. The molecular weight excluding hydrogens is 272 g/mol. The second-order valence-corrected chi connectivity index (χ2v) is 5.99. The van der Waals surface area contributed by atoms with Crippen molar-refractivity contribution < 1.29 is 5.11 Å². The Kier molecular flexibility index (Phi) is 2.92. The number of benzene rings is 1. The van der Waals surface area contributed by atoms with Crippen molar-refractivity contribution >= 4 is 44.4 Å². The number of aliphatic hydroxyl groups excluding tert-OH is 1. The fourth-order valence-electron chi connectivity index (χ4n) is 1.87. The molecule has 0 saturated heterocycles. The zero-order chi connectivity index (χ0) is 11.8. The van der Waals surface area contributed by atoms with E-state index in [9.17, 15) is 5.11 Å². The van der Waals surface area contributed by atoms with E-state index in [0.717, 1.165) is 15.1 Å². The van der Waals surface area contributed by atoms with E-state index in [-0.39, 0.29) is 0 Å². The van der Waals surface area contributed by atoms with Crippen LogP contribution in [0.2, 0.25) is 5.02 Å². The third-order valence-electron chi connectivity index (χ3n) is 2.70. The molecule has 0 aliphatic rings. The predicted molar refractivity (Wildman–Crippen MR) is 75.2 cm³/mol. The highest BCUT2D eigenvalue weighted by Crippen LogP contribution is 2.37. The molecule has 1 aromatic carbocycles. The smallest absolute Gasteiger partial charge is 0.116 e. The highest BCUT2D eigenvalue weighted by Gasteiger charge is 2.17. The van der Waals surface area contributed by atoms with E-state index >= 15 is 0 Å². The highest BCUT2D eigenvalue weighted by molar-refractivity contribution is 7.17. The second-order valence-electron chi connectivity index (χ2n) is 3.72. The van der Waals surface area contributed by atoms with Gasteiger partial charge in [-0.2, -0.15) is 0 Å². The Hall–Kier alpha value is -0.870. The molecule has 3 aromatic rings. The van der Waals surface area contributed by atoms with E-state index in [1.165, 1.54) is 16.7 Å². The number of rotatable bonds is 2. The van der Waals surface area contributed by atoms with Crippen molar-refractivity contribution in [3.05, 3.63) is 56.6 Å². The van der Waals surface area contributed by atoms with E-state index in [2.05, 4.69) is 12.1 Å². The van der Waals surface area contributed by atoms with Crippen LogP contribution in [0, 0.1) is 0 Å². The van der Waals surface area contributed by atoms with Crippen molar-refractivity contribution in [1.82, 2.24) is 0 Å². The molecule has 0 spiro atoms. The third kappa shape index (κ3) is 1.89. The summed E-state index contributed by atoms with van der Waals surface area (Å²) >= 11 is 9.20. The summed E-state index contributed by atoms with van der Waals surface area (Å²) in [7, 11) is 0. The lowest BCUT2D eigenvalue weighted by Gasteiger charge is -2.10. The van der Waals surface area contributed by atoms with Crippen molar-refractivity contribution in [2.75, 3.05) is 0 Å². The van der Waals surface area contributed by atoms with Gasteiger partial charge in [-0.25, -0.2) is 0 Å². The second kappa shape index (κ2) is 4.42. The van der Waals surface area contributed by atoms with Crippen LogP contribution >= 0.6 is 34.3 Å². The largest absolute Gasteiger partial charge is 0.383 e. The van der Waals surface area contributed by atoms with Gasteiger partial charge in [-0.15, -0.1) is 22.7 Å². The zero-order valence-electron chi connectivity index (χ0n) is 8.76. The van der Waals surface area contributed by atoms with E-state index in [0.29, 0.717) is 5.02 Å². The fraction of sp³-hybridized carbons (Fsp3) is 0.0769. The van der Waals surface area contributed by atoms with Crippen molar-refractivity contribution in [2.45, 2.75) is 6.10 Å². The van der Waals surface area contributed by atoms with Crippen LogP contribution in [0.1, 0.15) is 16.5 Å². The van der Waals surface area contributed by atoms with Crippen LogP contribution in [-0.4, -0.2) is 5.11 Å². The van der Waals surface area contributed by atoms with E-state index < -0.39 is 6.10 Å². The Bertz CT molecular complexity index is 656. The van der Waals surface area contributed by atoms with Gasteiger partial charge in [0.1, 0.15) is 6.10 Å². The molecule has 0 saturated carbocycles.